The van der Waals surface area contributed by atoms with Crippen molar-refractivity contribution in [2.75, 3.05) is 37.1 Å². The number of benzene rings is 2. The minimum absolute atomic E-state index is 0.368. The second kappa shape index (κ2) is 10.4. The van der Waals surface area contributed by atoms with E-state index in [9.17, 15) is 4.57 Å². The number of anilines is 4. The average molecular weight is 572 g/mol. The van der Waals surface area contributed by atoms with Gasteiger partial charge in [0.15, 0.2) is 5.82 Å². The van der Waals surface area contributed by atoms with Gasteiger partial charge < -0.3 is 19.9 Å². The van der Waals surface area contributed by atoms with Crippen molar-refractivity contribution in [1.82, 2.24) is 14.9 Å². The SMILES string of the molecule is CP(C)(=O)c1cc(Cl)ccc1Nc1nc(Nc2ccc3c(c2)CC[C@H](N2C[C@H]4C[C@@H]2CO4)CC3)ncc1Cl. The van der Waals surface area contributed by atoms with Crippen LogP contribution in [0, 0.1) is 0 Å². The van der Waals surface area contributed by atoms with Crippen molar-refractivity contribution in [3.63, 3.8) is 0 Å². The monoisotopic (exact) mass is 571 g/mol. The number of likely N-dealkylation sites (tertiary alicyclic amines) is 1. The molecule has 6 rings (SSSR count). The number of nitrogens with one attached hydrogen (secondary N) is 2. The predicted octanol–water partition coefficient (Wildman–Crippen LogP) is 6.24. The Morgan fingerprint density at radius 2 is 1.84 bits per heavy atom. The van der Waals surface area contributed by atoms with E-state index in [0.717, 1.165) is 31.7 Å². The Balaban J connectivity index is 1.18. The number of hydrogen-bond acceptors (Lipinski definition) is 7. The van der Waals surface area contributed by atoms with Crippen LogP contribution in [0.3, 0.4) is 0 Å². The zero-order valence-electron chi connectivity index (χ0n) is 21.6. The number of fused-ring (bicyclic) bond motifs is 3. The van der Waals surface area contributed by atoms with Crippen molar-refractivity contribution in [1.29, 1.82) is 0 Å². The maximum Gasteiger partial charge on any atom is 0.229 e. The highest BCUT2D eigenvalue weighted by Crippen LogP contribution is 2.40. The molecule has 2 saturated heterocycles. The van der Waals surface area contributed by atoms with Crippen molar-refractivity contribution >= 4 is 58.8 Å². The molecule has 0 amide bonds. The topological polar surface area (TPSA) is 79.4 Å². The van der Waals surface area contributed by atoms with E-state index in [2.05, 4.69) is 43.7 Å². The van der Waals surface area contributed by atoms with Gasteiger partial charge >= 0.3 is 0 Å². The van der Waals surface area contributed by atoms with Gasteiger partial charge in [0.05, 0.1) is 24.6 Å². The van der Waals surface area contributed by atoms with Crippen molar-refractivity contribution in [3.05, 3.63) is 63.8 Å². The van der Waals surface area contributed by atoms with Crippen molar-refractivity contribution in [2.24, 2.45) is 0 Å². The van der Waals surface area contributed by atoms with Crippen molar-refractivity contribution < 1.29 is 9.30 Å². The van der Waals surface area contributed by atoms with Crippen LogP contribution in [-0.4, -0.2) is 59.5 Å². The summed E-state index contributed by atoms with van der Waals surface area (Å²) in [5, 5.41) is 8.12. The molecule has 3 heterocycles. The smallest absolute Gasteiger partial charge is 0.229 e. The molecule has 38 heavy (non-hydrogen) atoms. The zero-order chi connectivity index (χ0) is 26.4. The molecule has 7 nitrogen and oxygen atoms in total. The van der Waals surface area contributed by atoms with E-state index in [-0.39, 0.29) is 0 Å². The molecule has 2 bridgehead atoms. The van der Waals surface area contributed by atoms with Gasteiger partial charge in [-0.25, -0.2) is 4.98 Å². The van der Waals surface area contributed by atoms with Gasteiger partial charge in [-0.1, -0.05) is 29.3 Å². The Labute approximate surface area is 233 Å². The number of morpholine rings is 1. The third kappa shape index (κ3) is 5.45. The highest BCUT2D eigenvalue weighted by Gasteiger charge is 2.42. The number of rotatable bonds is 6. The Morgan fingerprint density at radius 1 is 1.03 bits per heavy atom. The van der Waals surface area contributed by atoms with Crippen LogP contribution in [-0.2, 0) is 22.1 Å². The zero-order valence-corrected chi connectivity index (χ0v) is 24.0. The summed E-state index contributed by atoms with van der Waals surface area (Å²) in [6, 6.07) is 13.1. The first kappa shape index (κ1) is 26.1. The summed E-state index contributed by atoms with van der Waals surface area (Å²) in [6.45, 7) is 5.41. The van der Waals surface area contributed by atoms with E-state index in [1.165, 1.54) is 30.4 Å². The molecule has 3 atom stereocenters. The molecule has 2 aliphatic heterocycles. The fourth-order valence-corrected chi connectivity index (χ4v) is 7.55. The van der Waals surface area contributed by atoms with Gasteiger partial charge in [0.2, 0.25) is 5.95 Å². The summed E-state index contributed by atoms with van der Waals surface area (Å²) in [4.78, 5) is 11.7. The molecule has 3 aliphatic rings. The molecular weight excluding hydrogens is 540 g/mol. The minimum Gasteiger partial charge on any atom is -0.375 e. The van der Waals surface area contributed by atoms with Crippen LogP contribution in [0.15, 0.2) is 42.6 Å². The van der Waals surface area contributed by atoms with Crippen LogP contribution in [0.25, 0.3) is 0 Å². The van der Waals surface area contributed by atoms with Crippen molar-refractivity contribution in [3.8, 4) is 0 Å². The van der Waals surface area contributed by atoms with E-state index in [1.54, 1.807) is 37.7 Å². The van der Waals surface area contributed by atoms with E-state index in [0.29, 0.717) is 51.0 Å². The third-order valence-electron chi connectivity index (χ3n) is 7.91. The van der Waals surface area contributed by atoms with E-state index < -0.39 is 7.14 Å². The molecule has 1 aromatic heterocycles. The number of nitrogens with zero attached hydrogens (tertiary/aromatic N) is 3. The van der Waals surface area contributed by atoms with Gasteiger partial charge in [0, 0.05) is 34.6 Å². The molecule has 1 aliphatic carbocycles. The summed E-state index contributed by atoms with van der Waals surface area (Å²) >= 11 is 12.6. The molecule has 2 aromatic carbocycles. The predicted molar refractivity (Wildman–Crippen MR) is 156 cm³/mol. The van der Waals surface area contributed by atoms with Crippen LogP contribution in [0.5, 0.6) is 0 Å². The van der Waals surface area contributed by atoms with Crippen LogP contribution in [0.1, 0.15) is 30.4 Å². The number of halogens is 2. The molecule has 200 valence electrons. The van der Waals surface area contributed by atoms with Gasteiger partial charge in [-0.05, 0) is 86.9 Å². The molecule has 0 saturated carbocycles. The quantitative estimate of drug-likeness (QED) is 0.268. The second-order valence-electron chi connectivity index (χ2n) is 10.9. The first-order valence-corrected chi connectivity index (χ1v) is 16.5. The van der Waals surface area contributed by atoms with Gasteiger partial charge in [-0.15, -0.1) is 0 Å². The normalized spacial score (nSPS) is 23.2. The van der Waals surface area contributed by atoms with Crippen molar-refractivity contribution in [2.45, 2.75) is 50.3 Å². The van der Waals surface area contributed by atoms with E-state index in [4.69, 9.17) is 27.9 Å². The molecule has 3 aromatic rings. The number of aromatic nitrogens is 2. The summed E-state index contributed by atoms with van der Waals surface area (Å²) < 4.78 is 18.7. The average Bonchev–Trinajstić information content (AvgIpc) is 3.45. The van der Waals surface area contributed by atoms with Gasteiger partial charge in [-0.2, -0.15) is 4.98 Å². The summed E-state index contributed by atoms with van der Waals surface area (Å²) in [5.41, 5.74) is 4.42. The number of hydrogen-bond donors (Lipinski definition) is 2. The first-order valence-electron chi connectivity index (χ1n) is 13.1. The number of aryl methyl sites for hydroxylation is 2. The molecule has 2 fully saturated rings. The van der Waals surface area contributed by atoms with Gasteiger partial charge in [0.1, 0.15) is 12.2 Å². The Kier molecular flexibility index (Phi) is 7.17. The standard InChI is InChI=1S/C28H32Cl2N5O2P/c1-38(2,36)26-12-19(29)6-10-25(26)33-27-24(30)14-31-28(34-27)32-20-7-3-17-4-8-21(9-5-18(17)11-20)35-15-23-13-22(35)16-37-23/h3,6-7,10-12,14,21-23H,4-5,8-9,13,15-16H2,1-2H3,(H2,31,32,33,34)/t21-,22-,23-/m1/s1. The lowest BCUT2D eigenvalue weighted by atomic mass is 10.0. The van der Waals surface area contributed by atoms with E-state index >= 15 is 0 Å². The molecular formula is C28H32Cl2N5O2P. The lowest BCUT2D eigenvalue weighted by Crippen LogP contribution is -2.44. The maximum atomic E-state index is 12.9. The number of ether oxygens (including phenoxy) is 1. The molecule has 0 spiro atoms. The highest BCUT2D eigenvalue weighted by atomic mass is 35.5. The Bertz CT molecular complexity index is 1410. The Morgan fingerprint density at radius 3 is 2.58 bits per heavy atom. The summed E-state index contributed by atoms with van der Waals surface area (Å²) in [6.07, 6.45) is 7.74. The highest BCUT2D eigenvalue weighted by molar-refractivity contribution is 7.70. The first-order chi connectivity index (χ1) is 18.2. The third-order valence-corrected chi connectivity index (χ3v) is 9.95. The molecule has 2 N–H and O–H groups in total. The maximum absolute atomic E-state index is 12.9. The largest absolute Gasteiger partial charge is 0.375 e. The van der Waals surface area contributed by atoms with Crippen LogP contribution in [0.2, 0.25) is 10.0 Å². The molecule has 0 radical (unpaired) electrons. The molecule has 10 heteroatoms. The summed E-state index contributed by atoms with van der Waals surface area (Å²) in [5.74, 6) is 0.866. The Hall–Kier alpha value is -2.15. The fraction of sp³-hybridized carbons (Fsp3) is 0.429. The van der Waals surface area contributed by atoms with Gasteiger partial charge in [0.25, 0.3) is 0 Å². The fourth-order valence-electron chi connectivity index (χ4n) is 6.00. The lowest BCUT2D eigenvalue weighted by molar-refractivity contribution is 0.00854. The lowest BCUT2D eigenvalue weighted by Gasteiger charge is -2.34. The minimum atomic E-state index is -2.59. The summed E-state index contributed by atoms with van der Waals surface area (Å²) in [7, 11) is -2.59. The van der Waals surface area contributed by atoms with Crippen LogP contribution in [0.4, 0.5) is 23.1 Å². The molecule has 0 unspecified atom stereocenters. The van der Waals surface area contributed by atoms with Crippen LogP contribution < -0.4 is 15.9 Å². The van der Waals surface area contributed by atoms with E-state index in [1.807, 2.05) is 0 Å². The van der Waals surface area contributed by atoms with Gasteiger partial charge in [-0.3, -0.25) is 4.90 Å². The second-order valence-corrected chi connectivity index (χ2v) is 14.9. The van der Waals surface area contributed by atoms with Crippen LogP contribution >= 0.6 is 30.3 Å².